The highest BCUT2D eigenvalue weighted by Gasteiger charge is 2.16. The second kappa shape index (κ2) is 9.17. The van der Waals surface area contributed by atoms with Gasteiger partial charge in [-0.1, -0.05) is 18.6 Å². The lowest BCUT2D eigenvalue weighted by Gasteiger charge is -2.19. The summed E-state index contributed by atoms with van der Waals surface area (Å²) in [5, 5.41) is 0. The van der Waals surface area contributed by atoms with Gasteiger partial charge in [0.15, 0.2) is 0 Å². The standard InChI is InChI=1S/C23H28O4/c1-8-15(2)16(3)23(17-9-19(24-4)13-20(10-17)25-5)18-11-21(26-6)14-22(12-18)27-7/h8-15H,1H2,2-7H3/t15-/m0/s1. The number of hydrogen-bond donors (Lipinski definition) is 0. The Morgan fingerprint density at radius 2 is 1.07 bits per heavy atom. The van der Waals surface area contributed by atoms with Crippen LogP contribution in [0.3, 0.4) is 0 Å². The second-order valence-electron chi connectivity index (χ2n) is 6.29. The van der Waals surface area contributed by atoms with Crippen molar-refractivity contribution in [2.24, 2.45) is 5.92 Å². The lowest BCUT2D eigenvalue weighted by atomic mass is 9.87. The van der Waals surface area contributed by atoms with Gasteiger partial charge in [-0.3, -0.25) is 0 Å². The third-order valence-electron chi connectivity index (χ3n) is 4.71. The van der Waals surface area contributed by atoms with Crippen molar-refractivity contribution in [3.05, 3.63) is 65.8 Å². The number of hydrogen-bond acceptors (Lipinski definition) is 4. The Kier molecular flexibility index (Phi) is 6.94. The van der Waals surface area contributed by atoms with Crippen LogP contribution in [0.1, 0.15) is 25.0 Å². The second-order valence-corrected chi connectivity index (χ2v) is 6.29. The fourth-order valence-corrected chi connectivity index (χ4v) is 2.93. The van der Waals surface area contributed by atoms with Gasteiger partial charge in [0.1, 0.15) is 23.0 Å². The van der Waals surface area contributed by atoms with Crippen molar-refractivity contribution in [1.82, 2.24) is 0 Å². The third-order valence-corrected chi connectivity index (χ3v) is 4.71. The molecule has 4 nitrogen and oxygen atoms in total. The van der Waals surface area contributed by atoms with E-state index < -0.39 is 0 Å². The molecule has 4 heteroatoms. The summed E-state index contributed by atoms with van der Waals surface area (Å²) in [5.41, 5.74) is 4.23. The Balaban J connectivity index is 2.80. The summed E-state index contributed by atoms with van der Waals surface area (Å²) in [4.78, 5) is 0. The van der Waals surface area contributed by atoms with Crippen molar-refractivity contribution in [2.45, 2.75) is 13.8 Å². The molecule has 1 atom stereocenters. The minimum absolute atomic E-state index is 0.189. The van der Waals surface area contributed by atoms with Gasteiger partial charge >= 0.3 is 0 Å². The summed E-state index contributed by atoms with van der Waals surface area (Å²) in [5.74, 6) is 3.12. The van der Waals surface area contributed by atoms with Gasteiger partial charge in [-0.05, 0) is 53.8 Å². The molecule has 0 aliphatic carbocycles. The molecule has 27 heavy (non-hydrogen) atoms. The van der Waals surface area contributed by atoms with E-state index in [0.29, 0.717) is 0 Å². The van der Waals surface area contributed by atoms with Crippen molar-refractivity contribution < 1.29 is 18.9 Å². The molecule has 0 bridgehead atoms. The maximum absolute atomic E-state index is 5.47. The predicted molar refractivity (Wildman–Crippen MR) is 110 cm³/mol. The maximum atomic E-state index is 5.47. The molecule has 144 valence electrons. The molecule has 0 aromatic heterocycles. The highest BCUT2D eigenvalue weighted by atomic mass is 16.5. The van der Waals surface area contributed by atoms with Crippen LogP contribution >= 0.6 is 0 Å². The van der Waals surface area contributed by atoms with Gasteiger partial charge in [-0.15, -0.1) is 6.58 Å². The van der Waals surface area contributed by atoms with Crippen LogP contribution in [0.15, 0.2) is 54.6 Å². The largest absolute Gasteiger partial charge is 0.497 e. The first kappa shape index (κ1) is 20.4. The fourth-order valence-electron chi connectivity index (χ4n) is 2.93. The molecule has 0 spiro atoms. The highest BCUT2D eigenvalue weighted by Crippen LogP contribution is 2.37. The van der Waals surface area contributed by atoms with E-state index in [9.17, 15) is 0 Å². The summed E-state index contributed by atoms with van der Waals surface area (Å²) in [6, 6.07) is 11.7. The van der Waals surface area contributed by atoms with Crippen LogP contribution in [-0.4, -0.2) is 28.4 Å². The lowest BCUT2D eigenvalue weighted by molar-refractivity contribution is 0.394. The van der Waals surface area contributed by atoms with E-state index in [4.69, 9.17) is 18.9 Å². The van der Waals surface area contributed by atoms with Crippen molar-refractivity contribution >= 4 is 5.57 Å². The molecule has 0 saturated carbocycles. The van der Waals surface area contributed by atoms with Crippen LogP contribution in [0.25, 0.3) is 5.57 Å². The van der Waals surface area contributed by atoms with Gasteiger partial charge in [-0.2, -0.15) is 0 Å². The third kappa shape index (κ3) is 4.64. The minimum Gasteiger partial charge on any atom is -0.497 e. The summed E-state index contributed by atoms with van der Waals surface area (Å²) in [7, 11) is 6.59. The van der Waals surface area contributed by atoms with E-state index in [-0.39, 0.29) is 5.92 Å². The Morgan fingerprint density at radius 3 is 1.33 bits per heavy atom. The first-order valence-corrected chi connectivity index (χ1v) is 8.77. The fraction of sp³-hybridized carbons (Fsp3) is 0.304. The van der Waals surface area contributed by atoms with E-state index in [1.54, 1.807) is 28.4 Å². The summed E-state index contributed by atoms with van der Waals surface area (Å²) in [6.45, 7) is 8.19. The van der Waals surface area contributed by atoms with Gasteiger partial charge < -0.3 is 18.9 Å². The topological polar surface area (TPSA) is 36.9 Å². The number of rotatable bonds is 8. The van der Waals surface area contributed by atoms with Gasteiger partial charge in [0.2, 0.25) is 0 Å². The lowest BCUT2D eigenvalue weighted by Crippen LogP contribution is -2.01. The Labute approximate surface area is 162 Å². The van der Waals surface area contributed by atoms with Crippen LogP contribution in [0.4, 0.5) is 0 Å². The van der Waals surface area contributed by atoms with Crippen molar-refractivity contribution in [2.75, 3.05) is 28.4 Å². The van der Waals surface area contributed by atoms with Crippen molar-refractivity contribution in [3.63, 3.8) is 0 Å². The molecule has 0 saturated heterocycles. The molecule has 2 rings (SSSR count). The molecule has 0 aliphatic heterocycles. The molecule has 0 amide bonds. The Hall–Kier alpha value is -2.88. The quantitative estimate of drug-likeness (QED) is 0.587. The summed E-state index contributed by atoms with van der Waals surface area (Å²) in [6.07, 6.45) is 1.93. The van der Waals surface area contributed by atoms with E-state index in [1.807, 2.05) is 42.5 Å². The molecule has 0 unspecified atom stereocenters. The molecule has 0 aliphatic rings. The van der Waals surface area contributed by atoms with Crippen LogP contribution in [-0.2, 0) is 0 Å². The molecule has 2 aromatic rings. The zero-order chi connectivity index (χ0) is 20.0. The molecule has 2 aromatic carbocycles. The summed E-state index contributed by atoms with van der Waals surface area (Å²) >= 11 is 0. The molecular weight excluding hydrogens is 340 g/mol. The SMILES string of the molecule is C=C[C@H](C)C(C)=C(c1cc(OC)cc(OC)c1)c1cc(OC)cc(OC)c1. The van der Waals surface area contributed by atoms with Crippen LogP contribution < -0.4 is 18.9 Å². The first-order chi connectivity index (χ1) is 13.0. The van der Waals surface area contributed by atoms with E-state index in [2.05, 4.69) is 20.4 Å². The molecule has 0 N–H and O–H groups in total. The normalized spacial score (nSPS) is 11.3. The number of ether oxygens (including phenoxy) is 4. The smallest absolute Gasteiger partial charge is 0.123 e. The van der Waals surface area contributed by atoms with Crippen LogP contribution in [0.5, 0.6) is 23.0 Å². The Morgan fingerprint density at radius 1 is 0.741 bits per heavy atom. The minimum atomic E-state index is 0.189. The van der Waals surface area contributed by atoms with Crippen molar-refractivity contribution in [3.8, 4) is 23.0 Å². The van der Waals surface area contributed by atoms with Gasteiger partial charge in [0, 0.05) is 12.1 Å². The predicted octanol–water partition coefficient (Wildman–Crippen LogP) is 5.36. The van der Waals surface area contributed by atoms with Crippen molar-refractivity contribution in [1.29, 1.82) is 0 Å². The van der Waals surface area contributed by atoms with E-state index in [1.165, 1.54) is 5.57 Å². The zero-order valence-electron chi connectivity index (χ0n) is 17.0. The van der Waals surface area contributed by atoms with Crippen LogP contribution in [0, 0.1) is 5.92 Å². The monoisotopic (exact) mass is 368 g/mol. The molecular formula is C23H28O4. The first-order valence-electron chi connectivity index (χ1n) is 8.77. The molecule has 0 heterocycles. The van der Waals surface area contributed by atoms with Crippen LogP contribution in [0.2, 0.25) is 0 Å². The van der Waals surface area contributed by atoms with E-state index >= 15 is 0 Å². The average Bonchev–Trinajstić information content (AvgIpc) is 2.72. The van der Waals surface area contributed by atoms with Gasteiger partial charge in [0.05, 0.1) is 28.4 Å². The number of allylic oxidation sites excluding steroid dienone is 2. The Bertz CT molecular complexity index is 734. The maximum Gasteiger partial charge on any atom is 0.123 e. The number of methoxy groups -OCH3 is 4. The number of benzene rings is 2. The van der Waals surface area contributed by atoms with Gasteiger partial charge in [0.25, 0.3) is 0 Å². The van der Waals surface area contributed by atoms with Gasteiger partial charge in [-0.25, -0.2) is 0 Å². The molecule has 0 radical (unpaired) electrons. The average molecular weight is 368 g/mol. The zero-order valence-corrected chi connectivity index (χ0v) is 17.0. The highest BCUT2D eigenvalue weighted by molar-refractivity contribution is 5.84. The van der Waals surface area contributed by atoms with E-state index in [0.717, 1.165) is 39.7 Å². The summed E-state index contributed by atoms with van der Waals surface area (Å²) < 4.78 is 21.9. The molecule has 0 fully saturated rings.